The number of hydrogen-bond donors (Lipinski definition) is 2. The molecule has 0 unspecified atom stereocenters. The Kier molecular flexibility index (Phi) is 5.63. The zero-order valence-corrected chi connectivity index (χ0v) is 15.7. The number of halogens is 2. The summed E-state index contributed by atoms with van der Waals surface area (Å²) in [4.78, 5) is 39.6. The van der Waals surface area contributed by atoms with Crippen molar-refractivity contribution < 1.29 is 14.4 Å². The number of aromatic nitrogens is 1. The molecule has 1 fully saturated rings. The molecule has 0 spiro atoms. The van der Waals surface area contributed by atoms with Gasteiger partial charge in [0.05, 0.1) is 10.0 Å². The summed E-state index contributed by atoms with van der Waals surface area (Å²) in [6, 6.07) is 5.39. The molecule has 3 amide bonds. The van der Waals surface area contributed by atoms with E-state index in [9.17, 15) is 14.4 Å². The molecule has 0 saturated carbocycles. The van der Waals surface area contributed by atoms with Gasteiger partial charge < -0.3 is 5.32 Å². The van der Waals surface area contributed by atoms with Crippen molar-refractivity contribution in [3.05, 3.63) is 44.9 Å². The summed E-state index contributed by atoms with van der Waals surface area (Å²) >= 11 is 14.0. The summed E-state index contributed by atoms with van der Waals surface area (Å²) < 4.78 is 0. The Morgan fingerprint density at radius 2 is 2.08 bits per heavy atom. The molecule has 1 aromatic heterocycles. The molecule has 0 bridgehead atoms. The molecule has 3 rings (SSSR count). The molecule has 1 aliphatic heterocycles. The van der Waals surface area contributed by atoms with Crippen LogP contribution in [0.25, 0.3) is 0 Å². The van der Waals surface area contributed by atoms with Gasteiger partial charge in [0.15, 0.2) is 5.13 Å². The molecule has 1 aromatic carbocycles. The van der Waals surface area contributed by atoms with Gasteiger partial charge in [-0.2, -0.15) is 0 Å². The average Bonchev–Trinajstić information content (AvgIpc) is 3.09. The van der Waals surface area contributed by atoms with Crippen LogP contribution in [0, 0.1) is 0 Å². The van der Waals surface area contributed by atoms with Crippen molar-refractivity contribution in [3.8, 4) is 0 Å². The molecule has 6 nitrogen and oxygen atoms in total. The second-order valence-electron chi connectivity index (χ2n) is 5.19. The first kappa shape index (κ1) is 18.2. The quantitative estimate of drug-likeness (QED) is 0.776. The number of imide groups is 1. The third-order valence-corrected chi connectivity index (χ3v) is 5.93. The number of rotatable bonds is 5. The van der Waals surface area contributed by atoms with E-state index in [-0.39, 0.29) is 12.3 Å². The highest BCUT2D eigenvalue weighted by Gasteiger charge is 2.33. The van der Waals surface area contributed by atoms with E-state index < -0.39 is 16.4 Å². The van der Waals surface area contributed by atoms with Gasteiger partial charge >= 0.3 is 0 Å². The SMILES string of the molecule is O=C(C[C@@H]1SC(=O)NC1=O)Nc1ncc(Cc2ccc(Cl)c(Cl)c2)s1. The molecule has 25 heavy (non-hydrogen) atoms. The van der Waals surface area contributed by atoms with Crippen molar-refractivity contribution in [2.75, 3.05) is 5.32 Å². The van der Waals surface area contributed by atoms with E-state index in [1.165, 1.54) is 11.3 Å². The predicted molar refractivity (Wildman–Crippen MR) is 99.5 cm³/mol. The molecule has 2 aromatic rings. The van der Waals surface area contributed by atoms with Crippen LogP contribution in [-0.2, 0) is 16.0 Å². The molecule has 2 heterocycles. The van der Waals surface area contributed by atoms with E-state index >= 15 is 0 Å². The Morgan fingerprint density at radius 1 is 1.28 bits per heavy atom. The van der Waals surface area contributed by atoms with E-state index in [4.69, 9.17) is 23.2 Å². The predicted octanol–water partition coefficient (Wildman–Crippen LogP) is 3.72. The summed E-state index contributed by atoms with van der Waals surface area (Å²) in [5, 5.41) is 5.09. The summed E-state index contributed by atoms with van der Waals surface area (Å²) in [5.41, 5.74) is 0.980. The molecule has 0 radical (unpaired) electrons. The van der Waals surface area contributed by atoms with Gasteiger partial charge in [-0.15, -0.1) is 11.3 Å². The van der Waals surface area contributed by atoms with E-state index in [1.807, 2.05) is 6.07 Å². The number of benzene rings is 1. The molecule has 1 atom stereocenters. The lowest BCUT2D eigenvalue weighted by molar-refractivity contribution is -0.122. The maximum Gasteiger partial charge on any atom is 0.286 e. The fourth-order valence-corrected chi connectivity index (χ4v) is 4.17. The number of nitrogens with zero attached hydrogens (tertiary/aromatic N) is 1. The third-order valence-electron chi connectivity index (χ3n) is 3.30. The molecule has 1 saturated heterocycles. The first-order valence-corrected chi connectivity index (χ1v) is 9.56. The van der Waals surface area contributed by atoms with Crippen LogP contribution < -0.4 is 10.6 Å². The van der Waals surface area contributed by atoms with Crippen molar-refractivity contribution in [2.45, 2.75) is 18.1 Å². The van der Waals surface area contributed by atoms with Gasteiger partial charge in [0.1, 0.15) is 5.25 Å². The molecule has 10 heteroatoms. The van der Waals surface area contributed by atoms with Crippen LogP contribution in [0.5, 0.6) is 0 Å². The second kappa shape index (κ2) is 7.74. The molecule has 1 aliphatic rings. The Bertz CT molecular complexity index is 856. The molecular weight excluding hydrogens is 405 g/mol. The zero-order chi connectivity index (χ0) is 18.0. The topological polar surface area (TPSA) is 88.2 Å². The number of thiazole rings is 1. The fraction of sp³-hybridized carbons (Fsp3) is 0.200. The number of thioether (sulfide) groups is 1. The molecule has 130 valence electrons. The van der Waals surface area contributed by atoms with Gasteiger partial charge in [-0.25, -0.2) is 4.98 Å². The Labute approximate surface area is 161 Å². The van der Waals surface area contributed by atoms with Crippen LogP contribution in [0.1, 0.15) is 16.9 Å². The first-order valence-electron chi connectivity index (χ1n) is 7.10. The standard InChI is InChI=1S/C15H11Cl2N3O3S2/c16-9-2-1-7(4-10(9)17)3-8-6-18-14(24-8)19-12(21)5-11-13(22)20-15(23)25-11/h1-2,4,6,11H,3,5H2,(H,18,19,21)(H,20,22,23)/t11-/m0/s1. The van der Waals surface area contributed by atoms with E-state index in [2.05, 4.69) is 15.6 Å². The Morgan fingerprint density at radius 3 is 2.76 bits per heavy atom. The van der Waals surface area contributed by atoms with E-state index in [1.54, 1.807) is 18.3 Å². The van der Waals surface area contributed by atoms with Crippen LogP contribution in [0.2, 0.25) is 10.0 Å². The van der Waals surface area contributed by atoms with Gasteiger partial charge in [0.2, 0.25) is 11.8 Å². The number of carbonyl (C=O) groups excluding carboxylic acids is 3. The maximum absolute atomic E-state index is 12.0. The van der Waals surface area contributed by atoms with E-state index in [0.717, 1.165) is 22.2 Å². The highest BCUT2D eigenvalue weighted by molar-refractivity contribution is 8.15. The number of amides is 3. The minimum absolute atomic E-state index is 0.0794. The lowest BCUT2D eigenvalue weighted by Gasteiger charge is -2.04. The van der Waals surface area contributed by atoms with Crippen molar-refractivity contribution in [1.82, 2.24) is 10.3 Å². The maximum atomic E-state index is 12.0. The molecule has 0 aliphatic carbocycles. The smallest absolute Gasteiger partial charge is 0.286 e. The van der Waals surface area contributed by atoms with Crippen molar-refractivity contribution in [1.29, 1.82) is 0 Å². The highest BCUT2D eigenvalue weighted by atomic mass is 35.5. The summed E-state index contributed by atoms with van der Waals surface area (Å²) in [6.07, 6.45) is 2.20. The summed E-state index contributed by atoms with van der Waals surface area (Å²) in [5.74, 6) is -0.803. The lowest BCUT2D eigenvalue weighted by Crippen LogP contribution is -2.27. The summed E-state index contributed by atoms with van der Waals surface area (Å²) in [6.45, 7) is 0. The minimum atomic E-state index is -0.692. The fourth-order valence-electron chi connectivity index (χ4n) is 2.16. The van der Waals surface area contributed by atoms with Crippen LogP contribution in [0.3, 0.4) is 0 Å². The van der Waals surface area contributed by atoms with Gasteiger partial charge in [-0.05, 0) is 17.7 Å². The van der Waals surface area contributed by atoms with Crippen LogP contribution >= 0.6 is 46.3 Å². The van der Waals surface area contributed by atoms with Gasteiger partial charge in [0.25, 0.3) is 5.24 Å². The number of nitrogens with one attached hydrogen (secondary N) is 2. The largest absolute Gasteiger partial charge is 0.302 e. The number of hydrogen-bond acceptors (Lipinski definition) is 6. The average molecular weight is 416 g/mol. The zero-order valence-electron chi connectivity index (χ0n) is 12.5. The van der Waals surface area contributed by atoms with Crippen molar-refractivity contribution in [3.63, 3.8) is 0 Å². The monoisotopic (exact) mass is 415 g/mol. The highest BCUT2D eigenvalue weighted by Crippen LogP contribution is 2.27. The van der Waals surface area contributed by atoms with E-state index in [0.29, 0.717) is 21.6 Å². The minimum Gasteiger partial charge on any atom is -0.302 e. The number of carbonyl (C=O) groups is 3. The molecule has 2 N–H and O–H groups in total. The third kappa shape index (κ3) is 4.72. The lowest BCUT2D eigenvalue weighted by atomic mass is 10.1. The van der Waals surface area contributed by atoms with Gasteiger partial charge in [-0.3, -0.25) is 19.7 Å². The normalized spacial score (nSPS) is 16.8. The van der Waals surface area contributed by atoms with Crippen molar-refractivity contribution >= 4 is 68.5 Å². The number of anilines is 1. The van der Waals surface area contributed by atoms with Crippen LogP contribution in [0.15, 0.2) is 24.4 Å². The first-order chi connectivity index (χ1) is 11.9. The Hall–Kier alpha value is -1.61. The second-order valence-corrected chi connectivity index (χ2v) is 8.30. The van der Waals surface area contributed by atoms with Gasteiger partial charge in [-0.1, -0.05) is 41.0 Å². The van der Waals surface area contributed by atoms with Crippen molar-refractivity contribution in [2.24, 2.45) is 0 Å². The van der Waals surface area contributed by atoms with Crippen LogP contribution in [-0.4, -0.2) is 27.3 Å². The van der Waals surface area contributed by atoms with Gasteiger partial charge in [0, 0.05) is 23.9 Å². The Balaban J connectivity index is 1.57. The van der Waals surface area contributed by atoms with Crippen LogP contribution in [0.4, 0.5) is 9.93 Å². The molecular formula is C15H11Cl2N3O3S2. The summed E-state index contributed by atoms with van der Waals surface area (Å²) in [7, 11) is 0.